The van der Waals surface area contributed by atoms with Crippen molar-refractivity contribution in [3.8, 4) is 0 Å². The van der Waals surface area contributed by atoms with Crippen LogP contribution in [0.3, 0.4) is 0 Å². The third kappa shape index (κ3) is 20.4. The molecule has 0 aromatic carbocycles. The molecule has 0 fully saturated rings. The van der Waals surface area contributed by atoms with Crippen molar-refractivity contribution in [1.82, 2.24) is 63.2 Å². The first-order valence-electron chi connectivity index (χ1n) is 27.5. The van der Waals surface area contributed by atoms with Crippen molar-refractivity contribution in [3.63, 3.8) is 0 Å². The molecule has 0 unspecified atom stereocenters. The fourth-order valence-electron chi connectivity index (χ4n) is 8.01. The quantitative estimate of drug-likeness (QED) is 0.148. The third-order valence-corrected chi connectivity index (χ3v) is 19.2. The van der Waals surface area contributed by atoms with E-state index in [1.807, 2.05) is 116 Å². The Morgan fingerprint density at radius 3 is 0.412 bits per heavy atom. The van der Waals surface area contributed by atoms with E-state index in [2.05, 4.69) is 190 Å². The van der Waals surface area contributed by atoms with Gasteiger partial charge in [0.05, 0.1) is 54.9 Å². The Morgan fingerprint density at radius 2 is 0.375 bits per heavy atom. The van der Waals surface area contributed by atoms with Crippen LogP contribution >= 0.6 is 34.0 Å². The van der Waals surface area contributed by atoms with Crippen LogP contribution in [0.1, 0.15) is 160 Å². The number of thiazole rings is 3. The van der Waals surface area contributed by atoms with Gasteiger partial charge in [0.2, 0.25) is 0 Å². The summed E-state index contributed by atoms with van der Waals surface area (Å²) in [5.74, 6) is 0. The highest BCUT2D eigenvalue weighted by atomic mass is 32.1. The van der Waals surface area contributed by atoms with Crippen molar-refractivity contribution in [2.45, 2.75) is 201 Å². The summed E-state index contributed by atoms with van der Waals surface area (Å²) in [4.78, 5) is 16.7. The molecule has 0 N–H and O–H groups in total. The first-order valence-corrected chi connectivity index (χ1v) is 29.9. The average molecular weight is 1150 g/mol. The molecule has 0 spiro atoms. The van der Waals surface area contributed by atoms with Gasteiger partial charge in [-0.15, -0.1) is 34.0 Å². The number of aromatic nitrogens is 13. The maximum atomic E-state index is 4.23. The van der Waals surface area contributed by atoms with Crippen molar-refractivity contribution in [2.24, 2.45) is 42.3 Å². The maximum Gasteiger partial charge on any atom is 0.0899 e. The number of rotatable bonds is 0. The molecule has 0 aliphatic heterocycles. The fourth-order valence-corrected chi connectivity index (χ4v) is 10.5. The molecule has 0 radical (unpaired) electrons. The zero-order chi connectivity index (χ0) is 62.3. The topological polar surface area (TPSA) is 120 Å². The molecule has 0 amide bonds. The minimum Gasteiger partial charge on any atom is -0.352 e. The van der Waals surface area contributed by atoms with Crippen LogP contribution in [0.4, 0.5) is 0 Å². The highest BCUT2D eigenvalue weighted by molar-refractivity contribution is 7.12. The van der Waals surface area contributed by atoms with Crippen LogP contribution in [-0.4, -0.2) is 63.2 Å². The molecular weight excluding hydrogens is 1050 g/mol. The SMILES string of the molecule is Cc1c(C)c(C)n(C)c1C.Cc1c(C)c(C)n(C)c1C.Cc1nc(C)c(C)s1.Cc1nc(C)c(C)s1.Cc1nc(C)c(C)s1.Cc1nn(C)c(C)c1C.Cc1nn(C)c(C)c1C.Cc1nn(C)c(C)c1C.Cc1nn(C)c(C)c1C. The lowest BCUT2D eigenvalue weighted by Crippen LogP contribution is -1.92. The fraction of sp³-hybridized carbons (Fsp3) is 0.547. The van der Waals surface area contributed by atoms with Gasteiger partial charge in [0.15, 0.2) is 0 Å². The summed E-state index contributed by atoms with van der Waals surface area (Å²) in [6.07, 6.45) is 0. The van der Waals surface area contributed by atoms with Crippen LogP contribution in [0, 0.1) is 201 Å². The minimum atomic E-state index is 1.13. The Kier molecular flexibility index (Phi) is 29.0. The van der Waals surface area contributed by atoms with Crippen molar-refractivity contribution in [2.75, 3.05) is 0 Å². The second-order valence-corrected chi connectivity index (χ2v) is 25.5. The normalized spacial score (nSPS) is 10.2. The molecule has 9 rings (SSSR count). The van der Waals surface area contributed by atoms with Crippen molar-refractivity contribution in [3.05, 3.63) is 160 Å². The first kappa shape index (κ1) is 72.3. The number of hydrogen-bond donors (Lipinski definition) is 0. The predicted molar refractivity (Wildman–Crippen MR) is 347 cm³/mol. The van der Waals surface area contributed by atoms with Crippen LogP contribution < -0.4 is 0 Å². The standard InChI is InChI=1S/2C9H15N.4C7H12N2.3C6H9NS/c2*1-6-7(2)9(4)10(5)8(6)3;4*1-5-6(2)8-9(4)7(5)3;3*1-4-5(2)8-6(3)7-4/h2*1-5H3;4*1-4H3;3*1-3H3. The van der Waals surface area contributed by atoms with Crippen LogP contribution in [0.2, 0.25) is 0 Å². The monoisotopic (exact) mass is 1150 g/mol. The lowest BCUT2D eigenvalue weighted by molar-refractivity contribution is 0.730. The van der Waals surface area contributed by atoms with Crippen molar-refractivity contribution < 1.29 is 0 Å². The first-order chi connectivity index (χ1) is 36.7. The van der Waals surface area contributed by atoms with Crippen LogP contribution in [0.25, 0.3) is 0 Å². The van der Waals surface area contributed by atoms with E-state index in [9.17, 15) is 0 Å². The summed E-state index contributed by atoms with van der Waals surface area (Å²) < 4.78 is 12.1. The molecule has 0 saturated carbocycles. The van der Waals surface area contributed by atoms with Crippen LogP contribution in [0.15, 0.2) is 0 Å². The van der Waals surface area contributed by atoms with E-state index < -0.39 is 0 Å². The molecule has 0 saturated heterocycles. The van der Waals surface area contributed by atoms with E-state index in [0.717, 1.165) is 22.8 Å². The van der Waals surface area contributed by atoms with E-state index in [1.54, 1.807) is 34.0 Å². The summed E-state index contributed by atoms with van der Waals surface area (Å²) in [6, 6.07) is 0. The van der Waals surface area contributed by atoms with E-state index in [-0.39, 0.29) is 0 Å². The smallest absolute Gasteiger partial charge is 0.0899 e. The van der Waals surface area contributed by atoms with Gasteiger partial charge < -0.3 is 9.13 Å². The Labute approximate surface area is 497 Å². The average Bonchev–Trinajstić information content (AvgIpc) is 4.24. The second-order valence-electron chi connectivity index (χ2n) is 21.3. The molecule has 0 atom stereocenters. The van der Waals surface area contributed by atoms with E-state index in [1.165, 1.54) is 137 Å². The Morgan fingerprint density at radius 1 is 0.212 bits per heavy atom. The van der Waals surface area contributed by atoms with Gasteiger partial charge in [-0.05, 0) is 245 Å². The Bertz CT molecular complexity index is 2720. The van der Waals surface area contributed by atoms with Crippen molar-refractivity contribution >= 4 is 34.0 Å². The molecule has 9 heterocycles. The van der Waals surface area contributed by atoms with Gasteiger partial charge in [-0.25, -0.2) is 15.0 Å². The van der Waals surface area contributed by atoms with Gasteiger partial charge in [0, 0.05) is 102 Å². The summed E-state index contributed by atoms with van der Waals surface area (Å²) >= 11 is 5.27. The molecule has 16 heteroatoms. The lowest BCUT2D eigenvalue weighted by Gasteiger charge is -1.98. The zero-order valence-electron chi connectivity index (χ0n) is 56.5. The van der Waals surface area contributed by atoms with Gasteiger partial charge in [-0.1, -0.05) is 0 Å². The predicted octanol–water partition coefficient (Wildman–Crippen LogP) is 16.1. The minimum absolute atomic E-state index is 1.13. The highest BCUT2D eigenvalue weighted by Crippen LogP contribution is 2.20. The molecule has 9 aromatic heterocycles. The van der Waals surface area contributed by atoms with Gasteiger partial charge in [-0.2, -0.15) is 20.4 Å². The molecular formula is C64H105N13S3. The highest BCUT2D eigenvalue weighted by Gasteiger charge is 2.09. The molecule has 0 bridgehead atoms. The van der Waals surface area contributed by atoms with Gasteiger partial charge >= 0.3 is 0 Å². The molecule has 0 aliphatic rings. The lowest BCUT2D eigenvalue weighted by atomic mass is 10.2. The summed E-state index contributed by atoms with van der Waals surface area (Å²) in [6.45, 7) is 60.7. The Hall–Kier alpha value is -5.71. The second kappa shape index (κ2) is 32.1. The van der Waals surface area contributed by atoms with E-state index >= 15 is 0 Å². The van der Waals surface area contributed by atoms with Gasteiger partial charge in [0.1, 0.15) is 0 Å². The van der Waals surface area contributed by atoms with Crippen LogP contribution in [0.5, 0.6) is 0 Å². The summed E-state index contributed by atoms with van der Waals surface area (Å²) in [5, 5.41) is 20.4. The molecule has 80 heavy (non-hydrogen) atoms. The van der Waals surface area contributed by atoms with Gasteiger partial charge in [-0.3, -0.25) is 18.7 Å². The maximum absolute atomic E-state index is 4.23. The molecule has 13 nitrogen and oxygen atoms in total. The van der Waals surface area contributed by atoms with Crippen molar-refractivity contribution in [1.29, 1.82) is 0 Å². The number of hydrogen-bond acceptors (Lipinski definition) is 10. The number of nitrogens with zero attached hydrogens (tertiary/aromatic N) is 13. The summed E-state index contributed by atoms with van der Waals surface area (Å²) in [7, 11) is 12.1. The van der Waals surface area contributed by atoms with Crippen LogP contribution in [-0.2, 0) is 42.3 Å². The number of aryl methyl sites for hydroxylation is 17. The Balaban J connectivity index is 0.000000450. The van der Waals surface area contributed by atoms with E-state index in [4.69, 9.17) is 0 Å². The molecule has 0 aliphatic carbocycles. The largest absolute Gasteiger partial charge is 0.352 e. The van der Waals surface area contributed by atoms with E-state index in [0.29, 0.717) is 0 Å². The third-order valence-electron chi connectivity index (χ3n) is 16.2. The summed E-state index contributed by atoms with van der Waals surface area (Å²) in [5.41, 5.74) is 29.6. The zero-order valence-corrected chi connectivity index (χ0v) is 59.0. The molecule has 444 valence electrons. The molecule has 9 aromatic rings. The van der Waals surface area contributed by atoms with Gasteiger partial charge in [0.25, 0.3) is 0 Å².